The third-order valence-electron chi connectivity index (χ3n) is 4.46. The summed E-state index contributed by atoms with van der Waals surface area (Å²) in [4.78, 5) is 28.8. The lowest BCUT2D eigenvalue weighted by Gasteiger charge is -2.36. The number of amides is 2. The fraction of sp³-hybridized carbons (Fsp3) is 0.421. The standard InChI is InChI=1S/C19H24N4O3S/c1-14-12-17(21-26-14)20-19(25)15(2)27-13-18(24)23-10-8-22(9-11-23)16-6-4-3-5-7-16/h3-7,12,15H,8-11,13H2,1-2H3,(H,20,21,25)/t15-/m0/s1. The van der Waals surface area contributed by atoms with Crippen molar-refractivity contribution in [3.8, 4) is 0 Å². The highest BCUT2D eigenvalue weighted by Crippen LogP contribution is 2.18. The molecule has 1 aromatic carbocycles. The minimum Gasteiger partial charge on any atom is -0.368 e. The van der Waals surface area contributed by atoms with Gasteiger partial charge in [0.05, 0.1) is 11.0 Å². The SMILES string of the molecule is Cc1cc(NC(=O)[C@H](C)SCC(=O)N2CCN(c3ccccc3)CC2)no1. The van der Waals surface area contributed by atoms with E-state index < -0.39 is 0 Å². The van der Waals surface area contributed by atoms with Crippen LogP contribution in [0.15, 0.2) is 40.9 Å². The van der Waals surface area contributed by atoms with E-state index >= 15 is 0 Å². The number of carbonyl (C=O) groups excluding carboxylic acids is 2. The first-order valence-corrected chi connectivity index (χ1v) is 10.0. The number of nitrogens with zero attached hydrogens (tertiary/aromatic N) is 3. The van der Waals surface area contributed by atoms with E-state index in [4.69, 9.17) is 4.52 Å². The van der Waals surface area contributed by atoms with Gasteiger partial charge in [-0.25, -0.2) is 0 Å². The number of rotatable bonds is 6. The predicted molar refractivity (Wildman–Crippen MR) is 107 cm³/mol. The summed E-state index contributed by atoms with van der Waals surface area (Å²) in [6, 6.07) is 11.9. The fourth-order valence-corrected chi connectivity index (χ4v) is 3.65. The van der Waals surface area contributed by atoms with Crippen molar-refractivity contribution < 1.29 is 14.1 Å². The van der Waals surface area contributed by atoms with E-state index in [0.29, 0.717) is 24.7 Å². The number of aryl methyl sites for hydroxylation is 1. The van der Waals surface area contributed by atoms with E-state index in [1.54, 1.807) is 19.9 Å². The van der Waals surface area contributed by atoms with Crippen LogP contribution >= 0.6 is 11.8 Å². The van der Waals surface area contributed by atoms with Gasteiger partial charge in [0.25, 0.3) is 0 Å². The number of hydrogen-bond acceptors (Lipinski definition) is 6. The first-order chi connectivity index (χ1) is 13.0. The third kappa shape index (κ3) is 5.26. The van der Waals surface area contributed by atoms with Gasteiger partial charge in [0.1, 0.15) is 5.76 Å². The Kier molecular flexibility index (Phi) is 6.39. The molecule has 1 aliphatic heterocycles. The zero-order valence-corrected chi connectivity index (χ0v) is 16.4. The highest BCUT2D eigenvalue weighted by molar-refractivity contribution is 8.01. The summed E-state index contributed by atoms with van der Waals surface area (Å²) in [6.07, 6.45) is 0. The molecule has 8 heteroatoms. The van der Waals surface area contributed by atoms with E-state index in [2.05, 4.69) is 27.5 Å². The van der Waals surface area contributed by atoms with Crippen molar-refractivity contribution in [3.05, 3.63) is 42.2 Å². The van der Waals surface area contributed by atoms with E-state index in [1.165, 1.54) is 17.4 Å². The minimum atomic E-state index is -0.350. The first-order valence-electron chi connectivity index (χ1n) is 8.96. The number of benzene rings is 1. The molecule has 0 bridgehead atoms. The second-order valence-corrected chi connectivity index (χ2v) is 7.80. The molecule has 1 fully saturated rings. The molecule has 1 atom stereocenters. The maximum absolute atomic E-state index is 12.5. The van der Waals surface area contributed by atoms with Crippen molar-refractivity contribution in [1.82, 2.24) is 10.1 Å². The topological polar surface area (TPSA) is 78.7 Å². The Bertz CT molecular complexity index is 772. The van der Waals surface area contributed by atoms with Crippen LogP contribution in [0.3, 0.4) is 0 Å². The molecule has 1 saturated heterocycles. The Morgan fingerprint density at radius 2 is 1.93 bits per heavy atom. The molecular weight excluding hydrogens is 364 g/mol. The van der Waals surface area contributed by atoms with Crippen LogP contribution in [0.25, 0.3) is 0 Å². The molecule has 7 nitrogen and oxygen atoms in total. The van der Waals surface area contributed by atoms with Crippen molar-refractivity contribution in [3.63, 3.8) is 0 Å². The van der Waals surface area contributed by atoms with Gasteiger partial charge in [-0.3, -0.25) is 9.59 Å². The molecule has 27 heavy (non-hydrogen) atoms. The third-order valence-corrected chi connectivity index (χ3v) is 5.59. The maximum atomic E-state index is 12.5. The Labute approximate surface area is 163 Å². The van der Waals surface area contributed by atoms with Crippen LogP contribution in [0.2, 0.25) is 0 Å². The second kappa shape index (κ2) is 8.94. The van der Waals surface area contributed by atoms with E-state index in [9.17, 15) is 9.59 Å². The van der Waals surface area contributed by atoms with Gasteiger partial charge in [0, 0.05) is 37.9 Å². The number of piperazine rings is 1. The predicted octanol–water partition coefficient (Wildman–Crippen LogP) is 2.39. The molecule has 144 valence electrons. The summed E-state index contributed by atoms with van der Waals surface area (Å²) >= 11 is 1.33. The number of carbonyl (C=O) groups is 2. The van der Waals surface area contributed by atoms with Crippen LogP contribution < -0.4 is 10.2 Å². The van der Waals surface area contributed by atoms with Gasteiger partial charge in [-0.15, -0.1) is 11.8 Å². The first kappa shape index (κ1) is 19.3. The van der Waals surface area contributed by atoms with Crippen molar-refractivity contribution in [1.29, 1.82) is 0 Å². The molecule has 0 aliphatic carbocycles. The average molecular weight is 388 g/mol. The summed E-state index contributed by atoms with van der Waals surface area (Å²) in [5.74, 6) is 1.21. The number of nitrogens with one attached hydrogen (secondary N) is 1. The summed E-state index contributed by atoms with van der Waals surface area (Å²) in [5, 5.41) is 6.09. The van der Waals surface area contributed by atoms with Gasteiger partial charge < -0.3 is 19.6 Å². The normalized spacial score (nSPS) is 15.5. The molecule has 1 N–H and O–H groups in total. The van der Waals surface area contributed by atoms with Crippen molar-refractivity contribution >= 4 is 35.1 Å². The number of para-hydroxylation sites is 1. The Balaban J connectivity index is 1.41. The zero-order chi connectivity index (χ0) is 19.2. The molecule has 0 saturated carbocycles. The van der Waals surface area contributed by atoms with E-state index in [-0.39, 0.29) is 22.8 Å². The molecule has 0 radical (unpaired) electrons. The Morgan fingerprint density at radius 1 is 1.22 bits per heavy atom. The quantitative estimate of drug-likeness (QED) is 0.819. The number of thioether (sulfide) groups is 1. The van der Waals surface area contributed by atoms with Gasteiger partial charge in [-0.2, -0.15) is 0 Å². The summed E-state index contributed by atoms with van der Waals surface area (Å²) in [7, 11) is 0. The summed E-state index contributed by atoms with van der Waals surface area (Å²) < 4.78 is 4.93. The highest BCUT2D eigenvalue weighted by Gasteiger charge is 2.23. The molecule has 2 aromatic rings. The van der Waals surface area contributed by atoms with Crippen LogP contribution in [-0.4, -0.2) is 59.1 Å². The molecular formula is C19H24N4O3S. The highest BCUT2D eigenvalue weighted by atomic mass is 32.2. The zero-order valence-electron chi connectivity index (χ0n) is 15.6. The van der Waals surface area contributed by atoms with Gasteiger partial charge in [-0.1, -0.05) is 23.4 Å². The second-order valence-electron chi connectivity index (χ2n) is 6.47. The summed E-state index contributed by atoms with van der Waals surface area (Å²) in [6.45, 7) is 6.59. The lowest BCUT2D eigenvalue weighted by molar-refractivity contribution is -0.128. The van der Waals surface area contributed by atoms with Crippen LogP contribution in [0.1, 0.15) is 12.7 Å². The number of hydrogen-bond donors (Lipinski definition) is 1. The minimum absolute atomic E-state index is 0.0737. The molecule has 2 heterocycles. The molecule has 1 aromatic heterocycles. The molecule has 2 amide bonds. The van der Waals surface area contributed by atoms with Crippen molar-refractivity contribution in [2.24, 2.45) is 0 Å². The largest absolute Gasteiger partial charge is 0.368 e. The van der Waals surface area contributed by atoms with Gasteiger partial charge in [0.15, 0.2) is 5.82 Å². The van der Waals surface area contributed by atoms with Crippen LogP contribution in [0.4, 0.5) is 11.5 Å². The molecule has 3 rings (SSSR count). The van der Waals surface area contributed by atoms with Crippen LogP contribution in [0, 0.1) is 6.92 Å². The molecule has 1 aliphatic rings. The Morgan fingerprint density at radius 3 is 2.56 bits per heavy atom. The van der Waals surface area contributed by atoms with Crippen LogP contribution in [-0.2, 0) is 9.59 Å². The van der Waals surface area contributed by atoms with Gasteiger partial charge in [-0.05, 0) is 26.0 Å². The summed E-state index contributed by atoms with van der Waals surface area (Å²) in [5.41, 5.74) is 1.19. The molecule has 0 unspecified atom stereocenters. The maximum Gasteiger partial charge on any atom is 0.238 e. The average Bonchev–Trinajstić information content (AvgIpc) is 3.11. The lowest BCUT2D eigenvalue weighted by atomic mass is 10.2. The number of aromatic nitrogens is 1. The van der Waals surface area contributed by atoms with E-state index in [0.717, 1.165) is 13.1 Å². The lowest BCUT2D eigenvalue weighted by Crippen LogP contribution is -2.49. The fourth-order valence-electron chi connectivity index (χ4n) is 2.87. The smallest absolute Gasteiger partial charge is 0.238 e. The van der Waals surface area contributed by atoms with Crippen molar-refractivity contribution in [2.75, 3.05) is 42.1 Å². The van der Waals surface area contributed by atoms with Gasteiger partial charge >= 0.3 is 0 Å². The van der Waals surface area contributed by atoms with E-state index in [1.807, 2.05) is 23.1 Å². The number of anilines is 2. The van der Waals surface area contributed by atoms with Crippen molar-refractivity contribution in [2.45, 2.75) is 19.1 Å². The Hall–Kier alpha value is -2.48. The van der Waals surface area contributed by atoms with Crippen LogP contribution in [0.5, 0.6) is 0 Å². The van der Waals surface area contributed by atoms with Gasteiger partial charge in [0.2, 0.25) is 11.8 Å². The molecule has 0 spiro atoms. The monoisotopic (exact) mass is 388 g/mol.